The standard InChI is InChI=1S/C22H23N3O4/c1-22(2,16-8-10-18-19(12-16)29-14-28-18)23-21(27)17-9-11-20(26)25(24-17)13-15-6-4-3-5-7-15/h3-8,10,12H,9,11,13-14H2,1-2H3,(H,23,27). The summed E-state index contributed by atoms with van der Waals surface area (Å²) in [4.78, 5) is 25.1. The van der Waals surface area contributed by atoms with Crippen LogP contribution in [0.15, 0.2) is 53.6 Å². The van der Waals surface area contributed by atoms with E-state index in [1.807, 2.05) is 62.4 Å². The molecule has 0 saturated carbocycles. The van der Waals surface area contributed by atoms with E-state index in [0.29, 0.717) is 30.2 Å². The largest absolute Gasteiger partial charge is 0.454 e. The predicted octanol–water partition coefficient (Wildman–Crippen LogP) is 2.95. The van der Waals surface area contributed by atoms with Gasteiger partial charge in [-0.15, -0.1) is 0 Å². The van der Waals surface area contributed by atoms with E-state index in [-0.39, 0.29) is 25.0 Å². The molecule has 2 heterocycles. The second-order valence-electron chi connectivity index (χ2n) is 7.63. The number of carbonyl (C=O) groups excluding carboxylic acids is 2. The highest BCUT2D eigenvalue weighted by Gasteiger charge is 2.30. The minimum atomic E-state index is -0.647. The summed E-state index contributed by atoms with van der Waals surface area (Å²) in [5, 5.41) is 8.74. The number of carbonyl (C=O) groups is 2. The average Bonchev–Trinajstić information content (AvgIpc) is 3.18. The van der Waals surface area contributed by atoms with Crippen LogP contribution in [0.5, 0.6) is 11.5 Å². The third-order valence-corrected chi connectivity index (χ3v) is 5.06. The van der Waals surface area contributed by atoms with E-state index in [4.69, 9.17) is 9.47 Å². The fraction of sp³-hybridized carbons (Fsp3) is 0.318. The van der Waals surface area contributed by atoms with Crippen LogP contribution in [0.4, 0.5) is 0 Å². The van der Waals surface area contributed by atoms with Gasteiger partial charge in [0.1, 0.15) is 5.71 Å². The summed E-state index contributed by atoms with van der Waals surface area (Å²) in [6.45, 7) is 4.38. The molecule has 0 spiro atoms. The highest BCUT2D eigenvalue weighted by atomic mass is 16.7. The second-order valence-corrected chi connectivity index (χ2v) is 7.63. The van der Waals surface area contributed by atoms with E-state index in [0.717, 1.165) is 11.1 Å². The Hall–Kier alpha value is -3.35. The molecule has 0 atom stereocenters. The van der Waals surface area contributed by atoms with Crippen LogP contribution < -0.4 is 14.8 Å². The van der Waals surface area contributed by atoms with Gasteiger partial charge in [0.25, 0.3) is 5.91 Å². The minimum Gasteiger partial charge on any atom is -0.454 e. The molecule has 0 aromatic heterocycles. The maximum atomic E-state index is 12.9. The first-order valence-corrected chi connectivity index (χ1v) is 9.57. The Morgan fingerprint density at radius 3 is 2.66 bits per heavy atom. The summed E-state index contributed by atoms with van der Waals surface area (Å²) >= 11 is 0. The first-order valence-electron chi connectivity index (χ1n) is 9.57. The van der Waals surface area contributed by atoms with E-state index in [1.54, 1.807) is 0 Å². The Morgan fingerprint density at radius 1 is 1.10 bits per heavy atom. The van der Waals surface area contributed by atoms with Crippen molar-refractivity contribution < 1.29 is 19.1 Å². The lowest BCUT2D eigenvalue weighted by molar-refractivity contribution is -0.132. The molecular weight excluding hydrogens is 370 g/mol. The molecule has 0 saturated heterocycles. The Bertz CT molecular complexity index is 969. The summed E-state index contributed by atoms with van der Waals surface area (Å²) in [5.74, 6) is 1.00. The number of hydrogen-bond donors (Lipinski definition) is 1. The molecule has 7 nitrogen and oxygen atoms in total. The molecule has 2 aromatic carbocycles. The van der Waals surface area contributed by atoms with Crippen LogP contribution in [0.25, 0.3) is 0 Å². The zero-order valence-corrected chi connectivity index (χ0v) is 16.5. The number of fused-ring (bicyclic) bond motifs is 1. The maximum absolute atomic E-state index is 12.9. The number of rotatable bonds is 5. The number of benzene rings is 2. The smallest absolute Gasteiger partial charge is 0.268 e. The summed E-state index contributed by atoms with van der Waals surface area (Å²) in [6.07, 6.45) is 0.594. The molecule has 4 rings (SSSR count). The van der Waals surface area contributed by atoms with Crippen molar-refractivity contribution in [2.45, 2.75) is 38.8 Å². The molecule has 0 aliphatic carbocycles. The number of nitrogens with one attached hydrogen (secondary N) is 1. The predicted molar refractivity (Wildman–Crippen MR) is 107 cm³/mol. The molecular formula is C22H23N3O4. The summed E-state index contributed by atoms with van der Waals surface area (Å²) in [6, 6.07) is 15.2. The van der Waals surface area contributed by atoms with Crippen molar-refractivity contribution in [3.63, 3.8) is 0 Å². The topological polar surface area (TPSA) is 80.2 Å². The lowest BCUT2D eigenvalue weighted by Gasteiger charge is -2.29. The maximum Gasteiger partial charge on any atom is 0.268 e. The van der Waals surface area contributed by atoms with E-state index in [9.17, 15) is 9.59 Å². The van der Waals surface area contributed by atoms with Gasteiger partial charge in [0.15, 0.2) is 11.5 Å². The Morgan fingerprint density at radius 2 is 1.86 bits per heavy atom. The van der Waals surface area contributed by atoms with E-state index < -0.39 is 5.54 Å². The van der Waals surface area contributed by atoms with Crippen LogP contribution in [0.3, 0.4) is 0 Å². The van der Waals surface area contributed by atoms with E-state index in [2.05, 4.69) is 10.4 Å². The summed E-state index contributed by atoms with van der Waals surface area (Å²) in [7, 11) is 0. The Balaban J connectivity index is 1.49. The zero-order valence-electron chi connectivity index (χ0n) is 16.5. The van der Waals surface area contributed by atoms with E-state index in [1.165, 1.54) is 5.01 Å². The molecule has 2 aromatic rings. The van der Waals surface area contributed by atoms with Crippen molar-refractivity contribution >= 4 is 17.5 Å². The molecule has 2 aliphatic rings. The van der Waals surface area contributed by atoms with Crippen LogP contribution in [-0.2, 0) is 21.7 Å². The minimum absolute atomic E-state index is 0.0829. The fourth-order valence-electron chi connectivity index (χ4n) is 3.36. The van der Waals surface area contributed by atoms with Crippen LogP contribution in [0.2, 0.25) is 0 Å². The monoisotopic (exact) mass is 393 g/mol. The molecule has 1 N–H and O–H groups in total. The average molecular weight is 393 g/mol. The first kappa shape index (κ1) is 19.0. The number of nitrogens with zero attached hydrogens (tertiary/aromatic N) is 2. The number of amides is 2. The highest BCUT2D eigenvalue weighted by Crippen LogP contribution is 2.35. The van der Waals surface area contributed by atoms with Gasteiger partial charge in [0.2, 0.25) is 12.7 Å². The Labute approximate surface area is 169 Å². The van der Waals surface area contributed by atoms with Crippen LogP contribution in [0, 0.1) is 0 Å². The molecule has 29 heavy (non-hydrogen) atoms. The highest BCUT2D eigenvalue weighted by molar-refractivity contribution is 6.39. The third-order valence-electron chi connectivity index (χ3n) is 5.06. The normalized spacial score (nSPS) is 15.9. The van der Waals surface area contributed by atoms with Gasteiger partial charge in [0.05, 0.1) is 12.1 Å². The first-order chi connectivity index (χ1) is 13.9. The van der Waals surface area contributed by atoms with Crippen LogP contribution >= 0.6 is 0 Å². The quantitative estimate of drug-likeness (QED) is 0.847. The fourth-order valence-corrected chi connectivity index (χ4v) is 3.36. The SMILES string of the molecule is CC(C)(NC(=O)C1=NN(Cc2ccccc2)C(=O)CC1)c1ccc2c(c1)OCO2. The molecule has 0 fully saturated rings. The van der Waals surface area contributed by atoms with Crippen molar-refractivity contribution in [2.24, 2.45) is 5.10 Å². The Kier molecular flexibility index (Phi) is 4.96. The van der Waals surface area contributed by atoms with E-state index >= 15 is 0 Å². The third kappa shape index (κ3) is 4.08. The van der Waals surface area contributed by atoms with Gasteiger partial charge in [-0.1, -0.05) is 36.4 Å². The lowest BCUT2D eigenvalue weighted by atomic mass is 9.93. The molecule has 0 radical (unpaired) electrons. The number of hydrogen-bond acceptors (Lipinski definition) is 5. The van der Waals surface area contributed by atoms with Crippen molar-refractivity contribution in [3.05, 3.63) is 59.7 Å². The van der Waals surface area contributed by atoms with Crippen molar-refractivity contribution in [1.29, 1.82) is 0 Å². The summed E-state index contributed by atoms with van der Waals surface area (Å²) < 4.78 is 10.8. The molecule has 2 amide bonds. The van der Waals surface area contributed by atoms with Gasteiger partial charge in [-0.2, -0.15) is 5.10 Å². The van der Waals surface area contributed by atoms with Gasteiger partial charge in [-0.3, -0.25) is 9.59 Å². The van der Waals surface area contributed by atoms with Crippen molar-refractivity contribution in [1.82, 2.24) is 10.3 Å². The summed E-state index contributed by atoms with van der Waals surface area (Å²) in [5.41, 5.74) is 1.57. The van der Waals surface area contributed by atoms with Crippen molar-refractivity contribution in [2.75, 3.05) is 6.79 Å². The van der Waals surface area contributed by atoms with Gasteiger partial charge in [-0.05, 0) is 37.1 Å². The zero-order chi connectivity index (χ0) is 20.4. The van der Waals surface area contributed by atoms with Crippen molar-refractivity contribution in [3.8, 4) is 11.5 Å². The van der Waals surface area contributed by atoms with Gasteiger partial charge < -0.3 is 14.8 Å². The van der Waals surface area contributed by atoms with Gasteiger partial charge in [-0.25, -0.2) is 5.01 Å². The molecule has 7 heteroatoms. The number of ether oxygens (including phenoxy) is 2. The van der Waals surface area contributed by atoms with Crippen LogP contribution in [0.1, 0.15) is 37.8 Å². The lowest BCUT2D eigenvalue weighted by Crippen LogP contribution is -2.46. The van der Waals surface area contributed by atoms with Crippen LogP contribution in [-0.4, -0.2) is 29.3 Å². The van der Waals surface area contributed by atoms with Gasteiger partial charge in [0, 0.05) is 12.8 Å². The van der Waals surface area contributed by atoms with Gasteiger partial charge >= 0.3 is 0 Å². The molecule has 0 unspecified atom stereocenters. The molecule has 2 aliphatic heterocycles. The molecule has 150 valence electrons. The molecule has 0 bridgehead atoms. The number of hydrazone groups is 1. The second kappa shape index (κ2) is 7.58.